The number of hydrogen-bond acceptors (Lipinski definition) is 5. The number of hydrogen-bond donors (Lipinski definition) is 1. The minimum atomic E-state index is -3.28. The van der Waals surface area contributed by atoms with Gasteiger partial charge in [-0.05, 0) is 55.0 Å². The Labute approximate surface area is 168 Å². The zero-order chi connectivity index (χ0) is 20.8. The summed E-state index contributed by atoms with van der Waals surface area (Å²) in [4.78, 5) is 13.0. The van der Waals surface area contributed by atoms with Crippen molar-refractivity contribution in [1.82, 2.24) is 4.57 Å². The van der Waals surface area contributed by atoms with Crippen LogP contribution in [0.3, 0.4) is 0 Å². The molecule has 1 aliphatic heterocycles. The maximum atomic E-state index is 12.8. The van der Waals surface area contributed by atoms with Crippen molar-refractivity contribution in [1.29, 1.82) is 0 Å². The highest BCUT2D eigenvalue weighted by molar-refractivity contribution is 7.90. The van der Waals surface area contributed by atoms with Crippen molar-refractivity contribution in [3.63, 3.8) is 0 Å². The van der Waals surface area contributed by atoms with Crippen LogP contribution in [0.25, 0.3) is 11.3 Å². The molecule has 3 aromatic rings. The van der Waals surface area contributed by atoms with Crippen LogP contribution in [0.4, 0.5) is 5.69 Å². The van der Waals surface area contributed by atoms with E-state index < -0.39 is 9.84 Å². The number of nitrogens with zero attached hydrogens (tertiary/aromatic N) is 1. The van der Waals surface area contributed by atoms with E-state index in [1.807, 2.05) is 36.7 Å². The second kappa shape index (κ2) is 6.97. The van der Waals surface area contributed by atoms with E-state index in [1.165, 1.54) is 12.1 Å². The maximum Gasteiger partial charge on any atom is 0.257 e. The Morgan fingerprint density at radius 1 is 1.07 bits per heavy atom. The van der Waals surface area contributed by atoms with Gasteiger partial charge in [0.05, 0.1) is 16.2 Å². The minimum absolute atomic E-state index is 0.205. The SMILES string of the molecule is Cc1c(C(=O)Nc2ccc(S(C)(=O)=O)cc2)cn(C)c1-c1ccc2c(c1)OCO2. The zero-order valence-electron chi connectivity index (χ0n) is 16.2. The van der Waals surface area contributed by atoms with Gasteiger partial charge in [0.1, 0.15) is 0 Å². The highest BCUT2D eigenvalue weighted by atomic mass is 32.2. The first-order chi connectivity index (χ1) is 13.7. The molecule has 0 radical (unpaired) electrons. The first-order valence-corrected chi connectivity index (χ1v) is 10.8. The molecule has 1 aromatic heterocycles. The number of aryl methyl sites for hydroxylation is 1. The van der Waals surface area contributed by atoms with Crippen LogP contribution in [0, 0.1) is 6.92 Å². The standard InChI is InChI=1S/C21H20N2O5S/c1-13-17(21(24)22-15-5-7-16(8-6-15)29(3,25)26)11-23(2)20(13)14-4-9-18-19(10-14)28-12-27-18/h4-11H,12H2,1-3H3,(H,22,24). The number of amides is 1. The second-order valence-electron chi connectivity index (χ2n) is 6.95. The third-order valence-electron chi connectivity index (χ3n) is 4.87. The summed E-state index contributed by atoms with van der Waals surface area (Å²) in [5.41, 5.74) is 3.71. The van der Waals surface area contributed by atoms with Crippen LogP contribution in [0.1, 0.15) is 15.9 Å². The van der Waals surface area contributed by atoms with Crippen LogP contribution >= 0.6 is 0 Å². The van der Waals surface area contributed by atoms with E-state index in [0.717, 1.165) is 23.1 Å². The summed E-state index contributed by atoms with van der Waals surface area (Å²) < 4.78 is 35.9. The molecule has 0 aliphatic carbocycles. The van der Waals surface area contributed by atoms with Crippen LogP contribution < -0.4 is 14.8 Å². The van der Waals surface area contributed by atoms with E-state index >= 15 is 0 Å². The smallest absolute Gasteiger partial charge is 0.257 e. The molecule has 2 aromatic carbocycles. The Morgan fingerprint density at radius 2 is 1.76 bits per heavy atom. The van der Waals surface area contributed by atoms with Gasteiger partial charge >= 0.3 is 0 Å². The summed E-state index contributed by atoms with van der Waals surface area (Å²) in [6.07, 6.45) is 2.92. The van der Waals surface area contributed by atoms with Crippen molar-refractivity contribution in [2.75, 3.05) is 18.4 Å². The Morgan fingerprint density at radius 3 is 2.45 bits per heavy atom. The van der Waals surface area contributed by atoms with Gasteiger partial charge in [0.25, 0.3) is 5.91 Å². The number of sulfone groups is 1. The molecule has 0 saturated carbocycles. The van der Waals surface area contributed by atoms with E-state index in [-0.39, 0.29) is 17.6 Å². The highest BCUT2D eigenvalue weighted by Gasteiger charge is 2.20. The summed E-state index contributed by atoms with van der Waals surface area (Å²) in [5.74, 6) is 1.12. The van der Waals surface area contributed by atoms with E-state index in [0.29, 0.717) is 22.7 Å². The molecule has 29 heavy (non-hydrogen) atoms. The predicted molar refractivity (Wildman–Crippen MR) is 109 cm³/mol. The number of nitrogens with one attached hydrogen (secondary N) is 1. The topological polar surface area (TPSA) is 86.6 Å². The third kappa shape index (κ3) is 3.58. The molecule has 0 fully saturated rings. The molecule has 150 valence electrons. The molecule has 0 saturated heterocycles. The normalized spacial score (nSPS) is 12.8. The lowest BCUT2D eigenvalue weighted by Gasteiger charge is -2.08. The average Bonchev–Trinajstić information content (AvgIpc) is 3.24. The lowest BCUT2D eigenvalue weighted by atomic mass is 10.0. The maximum absolute atomic E-state index is 12.8. The number of ether oxygens (including phenoxy) is 2. The number of rotatable bonds is 4. The molecular formula is C21H20N2O5S. The van der Waals surface area contributed by atoms with Crippen molar-refractivity contribution < 1.29 is 22.7 Å². The largest absolute Gasteiger partial charge is 0.454 e. The number of fused-ring (bicyclic) bond motifs is 1. The fourth-order valence-corrected chi connectivity index (χ4v) is 4.05. The molecule has 2 heterocycles. The van der Waals surface area contributed by atoms with Gasteiger partial charge in [-0.15, -0.1) is 0 Å². The number of carbonyl (C=O) groups excluding carboxylic acids is 1. The fraction of sp³-hybridized carbons (Fsp3) is 0.190. The molecule has 7 nitrogen and oxygen atoms in total. The molecule has 0 bridgehead atoms. The molecular weight excluding hydrogens is 392 g/mol. The van der Waals surface area contributed by atoms with Crippen molar-refractivity contribution >= 4 is 21.4 Å². The van der Waals surface area contributed by atoms with Crippen LogP contribution in [0.2, 0.25) is 0 Å². The molecule has 1 N–H and O–H groups in total. The Balaban J connectivity index is 1.61. The zero-order valence-corrected chi connectivity index (χ0v) is 17.0. The summed E-state index contributed by atoms with van der Waals surface area (Å²) in [6.45, 7) is 2.10. The summed E-state index contributed by atoms with van der Waals surface area (Å²) in [5, 5.41) is 2.82. The van der Waals surface area contributed by atoms with Gasteiger partial charge in [0.15, 0.2) is 21.3 Å². The van der Waals surface area contributed by atoms with Gasteiger partial charge in [-0.2, -0.15) is 0 Å². The van der Waals surface area contributed by atoms with Gasteiger partial charge in [0.2, 0.25) is 6.79 Å². The van der Waals surface area contributed by atoms with Gasteiger partial charge in [-0.3, -0.25) is 4.79 Å². The van der Waals surface area contributed by atoms with E-state index in [4.69, 9.17) is 9.47 Å². The van der Waals surface area contributed by atoms with Gasteiger partial charge in [0, 0.05) is 30.8 Å². The molecule has 1 amide bonds. The molecule has 0 spiro atoms. The quantitative estimate of drug-likeness (QED) is 0.710. The van der Waals surface area contributed by atoms with Gasteiger partial charge in [-0.1, -0.05) is 0 Å². The van der Waals surface area contributed by atoms with Gasteiger partial charge < -0.3 is 19.4 Å². The summed E-state index contributed by atoms with van der Waals surface area (Å²) in [7, 11) is -1.40. The van der Waals surface area contributed by atoms with Crippen LogP contribution in [0.15, 0.2) is 53.6 Å². The monoisotopic (exact) mass is 412 g/mol. The average molecular weight is 412 g/mol. The highest BCUT2D eigenvalue weighted by Crippen LogP contribution is 2.37. The molecule has 0 unspecified atom stereocenters. The predicted octanol–water partition coefficient (Wildman–Crippen LogP) is 3.39. The Hall–Kier alpha value is -3.26. The summed E-state index contributed by atoms with van der Waals surface area (Å²) >= 11 is 0. The number of aromatic nitrogens is 1. The number of carbonyl (C=O) groups is 1. The Kier molecular flexibility index (Phi) is 4.58. The molecule has 0 atom stereocenters. The second-order valence-corrected chi connectivity index (χ2v) is 8.96. The van der Waals surface area contributed by atoms with Crippen molar-refractivity contribution in [3.8, 4) is 22.8 Å². The Bertz CT molecular complexity index is 1210. The van der Waals surface area contributed by atoms with Crippen LogP contribution in [0.5, 0.6) is 11.5 Å². The fourth-order valence-electron chi connectivity index (χ4n) is 3.42. The van der Waals surface area contributed by atoms with Gasteiger partial charge in [-0.25, -0.2) is 8.42 Å². The molecule has 1 aliphatic rings. The van der Waals surface area contributed by atoms with Crippen molar-refractivity contribution in [2.24, 2.45) is 7.05 Å². The van der Waals surface area contributed by atoms with E-state index in [9.17, 15) is 13.2 Å². The van der Waals surface area contributed by atoms with Crippen molar-refractivity contribution in [3.05, 3.63) is 59.8 Å². The van der Waals surface area contributed by atoms with Crippen LogP contribution in [-0.2, 0) is 16.9 Å². The van der Waals surface area contributed by atoms with E-state index in [2.05, 4.69) is 5.32 Å². The number of benzene rings is 2. The molecule has 4 rings (SSSR count). The van der Waals surface area contributed by atoms with Crippen molar-refractivity contribution in [2.45, 2.75) is 11.8 Å². The minimum Gasteiger partial charge on any atom is -0.454 e. The number of anilines is 1. The van der Waals surface area contributed by atoms with Crippen LogP contribution in [-0.4, -0.2) is 31.9 Å². The first-order valence-electron chi connectivity index (χ1n) is 8.91. The van der Waals surface area contributed by atoms with E-state index in [1.54, 1.807) is 18.3 Å². The lowest BCUT2D eigenvalue weighted by molar-refractivity contribution is 0.102. The first kappa shape index (κ1) is 19.1. The third-order valence-corrected chi connectivity index (χ3v) is 5.99. The molecule has 8 heteroatoms. The summed E-state index contributed by atoms with van der Waals surface area (Å²) in [6, 6.07) is 11.8. The lowest BCUT2D eigenvalue weighted by Crippen LogP contribution is -2.12.